The summed E-state index contributed by atoms with van der Waals surface area (Å²) >= 11 is 0. The summed E-state index contributed by atoms with van der Waals surface area (Å²) in [6.45, 7) is 14.7. The van der Waals surface area contributed by atoms with Gasteiger partial charge >= 0.3 is 0 Å². The highest BCUT2D eigenvalue weighted by atomic mass is 15.2. The molecule has 0 N–H and O–H groups in total. The number of fused-ring (bicyclic) bond motifs is 6. The van der Waals surface area contributed by atoms with Crippen LogP contribution in [0.5, 0.6) is 0 Å². The molecule has 0 spiro atoms. The van der Waals surface area contributed by atoms with Crippen LogP contribution >= 0.6 is 0 Å². The Bertz CT molecular complexity index is 3310. The van der Waals surface area contributed by atoms with Crippen molar-refractivity contribution in [3.8, 4) is 33.4 Å². The fourth-order valence-electron chi connectivity index (χ4n) is 12.6. The van der Waals surface area contributed by atoms with Crippen LogP contribution in [0.25, 0.3) is 49.7 Å². The lowest BCUT2D eigenvalue weighted by Crippen LogP contribution is -2.58. The standard InChI is InChI=1S/C63H53N/c1-41-53(44-18-8-7-9-19-44)40-62(5)55-25-14-15-26-57(55)64(50-32-29-43(30-33-50)46-21-16-22-47(37-46)48-28-27-42-17-10-11-20-45(42)38-48)63(6)36-35-61(4,58(41)59(62)63)49-31-34-52-51-23-12-13-24-54(51)60(2,3)56(52)39-49/h7-41H,1-6H3. The number of para-hydroxylation sites is 1. The maximum absolute atomic E-state index is 2.64. The Kier molecular flexibility index (Phi) is 8.32. The number of rotatable bonds is 5. The average Bonchev–Trinajstić information content (AvgIpc) is 3.56. The van der Waals surface area contributed by atoms with Crippen molar-refractivity contribution in [2.45, 2.75) is 63.3 Å². The van der Waals surface area contributed by atoms with Gasteiger partial charge in [0, 0.05) is 33.5 Å². The van der Waals surface area contributed by atoms with Gasteiger partial charge in [-0.1, -0.05) is 197 Å². The van der Waals surface area contributed by atoms with Gasteiger partial charge in [-0.25, -0.2) is 0 Å². The van der Waals surface area contributed by atoms with E-state index in [-0.39, 0.29) is 22.2 Å². The van der Waals surface area contributed by atoms with E-state index in [1.807, 2.05) is 0 Å². The van der Waals surface area contributed by atoms with E-state index in [0.717, 1.165) is 0 Å². The van der Waals surface area contributed by atoms with Gasteiger partial charge in [-0.15, -0.1) is 0 Å². The van der Waals surface area contributed by atoms with Crippen LogP contribution in [0.4, 0.5) is 11.4 Å². The van der Waals surface area contributed by atoms with Gasteiger partial charge in [0.15, 0.2) is 0 Å². The summed E-state index contributed by atoms with van der Waals surface area (Å²) in [4.78, 5) is 2.64. The molecule has 0 aromatic heterocycles. The Balaban J connectivity index is 1.02. The van der Waals surface area contributed by atoms with Gasteiger partial charge in [0.1, 0.15) is 0 Å². The molecule has 8 aromatic carbocycles. The maximum Gasteiger partial charge on any atom is 0.0833 e. The monoisotopic (exact) mass is 823 g/mol. The van der Waals surface area contributed by atoms with Gasteiger partial charge in [-0.05, 0) is 140 Å². The summed E-state index contributed by atoms with van der Waals surface area (Å²) in [6, 6.07) is 70.5. The molecule has 1 nitrogen and oxygen atoms in total. The first-order valence-electron chi connectivity index (χ1n) is 23.1. The van der Waals surface area contributed by atoms with Crippen LogP contribution in [0.1, 0.15) is 69.4 Å². The molecular formula is C63H53N. The number of allylic oxidation sites excluding steroid dienone is 4. The zero-order chi connectivity index (χ0) is 43.6. The third kappa shape index (κ3) is 5.43. The van der Waals surface area contributed by atoms with Crippen molar-refractivity contribution in [1.29, 1.82) is 0 Å². The molecule has 1 heteroatoms. The summed E-state index contributed by atoms with van der Waals surface area (Å²) < 4.78 is 0. The molecule has 1 heterocycles. The van der Waals surface area contributed by atoms with Gasteiger partial charge < -0.3 is 4.90 Å². The van der Waals surface area contributed by atoms with E-state index in [9.17, 15) is 0 Å². The van der Waals surface area contributed by atoms with E-state index >= 15 is 0 Å². The first kappa shape index (κ1) is 38.7. The van der Waals surface area contributed by atoms with Crippen LogP contribution < -0.4 is 4.90 Å². The SMILES string of the molecule is CC1C(c2ccccc2)=CC2(C)C3=C1C(C)(c1ccc4c(c1)C(C)(C)c1ccccc1-4)C=CC3(C)N(c1ccc(-c3cccc(-c4ccc5ccccc5c4)c3)cc1)c1ccccc12. The molecule has 4 unspecified atom stereocenters. The third-order valence-corrected chi connectivity index (χ3v) is 15.8. The van der Waals surface area contributed by atoms with E-state index < -0.39 is 5.54 Å². The lowest BCUT2D eigenvalue weighted by Gasteiger charge is -2.60. The highest BCUT2D eigenvalue weighted by Gasteiger charge is 2.58. The summed E-state index contributed by atoms with van der Waals surface area (Å²) in [7, 11) is 0. The summed E-state index contributed by atoms with van der Waals surface area (Å²) in [6.07, 6.45) is 7.76. The van der Waals surface area contributed by atoms with Crippen molar-refractivity contribution in [3.05, 3.63) is 245 Å². The Hall–Kier alpha value is -6.96. The maximum atomic E-state index is 2.64. The number of benzene rings is 8. The molecule has 64 heavy (non-hydrogen) atoms. The van der Waals surface area contributed by atoms with E-state index in [4.69, 9.17) is 0 Å². The molecule has 1 aliphatic heterocycles. The fourth-order valence-corrected chi connectivity index (χ4v) is 12.6. The van der Waals surface area contributed by atoms with Crippen molar-refractivity contribution in [2.75, 3.05) is 4.90 Å². The number of hydrogen-bond donors (Lipinski definition) is 0. The second-order valence-electron chi connectivity index (χ2n) is 19.8. The highest BCUT2D eigenvalue weighted by molar-refractivity contribution is 5.90. The largest absolute Gasteiger partial charge is 0.328 e. The van der Waals surface area contributed by atoms with Crippen LogP contribution in [0.2, 0.25) is 0 Å². The van der Waals surface area contributed by atoms with Crippen molar-refractivity contribution >= 4 is 27.7 Å². The van der Waals surface area contributed by atoms with Crippen LogP contribution in [-0.4, -0.2) is 5.54 Å². The Labute approximate surface area is 378 Å². The smallest absolute Gasteiger partial charge is 0.0833 e. The third-order valence-electron chi connectivity index (χ3n) is 15.8. The summed E-state index contributed by atoms with van der Waals surface area (Å²) in [5, 5.41) is 2.53. The fraction of sp³-hybridized carbons (Fsp3) is 0.175. The number of nitrogens with zero attached hydrogens (tertiary/aromatic N) is 1. The second kappa shape index (κ2) is 13.8. The zero-order valence-electron chi connectivity index (χ0n) is 37.7. The predicted octanol–water partition coefficient (Wildman–Crippen LogP) is 16.2. The van der Waals surface area contributed by atoms with E-state index in [2.05, 4.69) is 253 Å². The molecule has 12 rings (SSSR count). The van der Waals surface area contributed by atoms with Gasteiger partial charge in [0.2, 0.25) is 0 Å². The van der Waals surface area contributed by atoms with Crippen molar-refractivity contribution in [1.82, 2.24) is 0 Å². The van der Waals surface area contributed by atoms with Crippen molar-refractivity contribution < 1.29 is 0 Å². The molecular weight excluding hydrogens is 771 g/mol. The number of anilines is 2. The van der Waals surface area contributed by atoms with Gasteiger partial charge in [-0.3, -0.25) is 0 Å². The van der Waals surface area contributed by atoms with Gasteiger partial charge in [-0.2, -0.15) is 0 Å². The Morgan fingerprint density at radius 2 is 1.06 bits per heavy atom. The minimum atomic E-state index is -0.450. The van der Waals surface area contributed by atoms with Crippen molar-refractivity contribution in [3.63, 3.8) is 0 Å². The van der Waals surface area contributed by atoms with E-state index in [1.165, 1.54) is 100 Å². The second-order valence-corrected chi connectivity index (χ2v) is 19.8. The van der Waals surface area contributed by atoms with E-state index in [0.29, 0.717) is 0 Å². The minimum Gasteiger partial charge on any atom is -0.328 e. The van der Waals surface area contributed by atoms with Crippen LogP contribution in [0.15, 0.2) is 217 Å². The summed E-state index contributed by atoms with van der Waals surface area (Å²) in [5.74, 6) is 0.169. The molecule has 310 valence electrons. The molecule has 0 fully saturated rings. The zero-order valence-corrected chi connectivity index (χ0v) is 37.7. The number of hydrogen-bond acceptors (Lipinski definition) is 1. The molecule has 4 aliphatic rings. The summed E-state index contributed by atoms with van der Waals surface area (Å²) in [5.41, 5.74) is 20.0. The van der Waals surface area contributed by atoms with Crippen LogP contribution in [0.3, 0.4) is 0 Å². The molecule has 0 bridgehead atoms. The molecule has 8 aromatic rings. The highest BCUT2D eigenvalue weighted by Crippen LogP contribution is 2.64. The van der Waals surface area contributed by atoms with Crippen LogP contribution in [-0.2, 0) is 16.2 Å². The molecule has 4 atom stereocenters. The minimum absolute atomic E-state index is 0.0880. The Morgan fingerprint density at radius 3 is 1.86 bits per heavy atom. The topological polar surface area (TPSA) is 3.24 Å². The molecule has 0 radical (unpaired) electrons. The molecule has 0 amide bonds. The first-order valence-corrected chi connectivity index (χ1v) is 23.1. The van der Waals surface area contributed by atoms with Gasteiger partial charge in [0.25, 0.3) is 0 Å². The molecule has 0 saturated heterocycles. The lowest BCUT2D eigenvalue weighted by atomic mass is 9.50. The van der Waals surface area contributed by atoms with E-state index in [1.54, 1.807) is 0 Å². The average molecular weight is 824 g/mol. The van der Waals surface area contributed by atoms with Gasteiger partial charge in [0.05, 0.1) is 5.54 Å². The normalized spacial score (nSPS) is 23.6. The van der Waals surface area contributed by atoms with Crippen molar-refractivity contribution in [2.24, 2.45) is 5.92 Å². The molecule has 3 aliphatic carbocycles. The first-order chi connectivity index (χ1) is 31.0. The van der Waals surface area contributed by atoms with Crippen LogP contribution in [0, 0.1) is 5.92 Å². The molecule has 0 saturated carbocycles. The predicted molar refractivity (Wildman–Crippen MR) is 270 cm³/mol. The quantitative estimate of drug-likeness (QED) is 0.156. The lowest BCUT2D eigenvalue weighted by molar-refractivity contribution is 0.445. The Morgan fingerprint density at radius 1 is 0.438 bits per heavy atom.